The maximum absolute atomic E-state index is 5.13. The zero-order chi connectivity index (χ0) is 12.8. The van der Waals surface area contributed by atoms with Gasteiger partial charge in [-0.1, -0.05) is 46.3 Å². The molecule has 0 bridgehead atoms. The Balaban J connectivity index is 2.02. The molecular weight excluding hydrogens is 290 g/mol. The molecule has 0 radical (unpaired) electrons. The van der Waals surface area contributed by atoms with E-state index < -0.39 is 0 Å². The van der Waals surface area contributed by atoms with Crippen molar-refractivity contribution in [2.75, 3.05) is 12.4 Å². The Morgan fingerprint density at radius 2 is 1.94 bits per heavy atom. The lowest BCUT2D eigenvalue weighted by Gasteiger charge is -2.09. The first-order valence-corrected chi connectivity index (χ1v) is 6.64. The van der Waals surface area contributed by atoms with E-state index >= 15 is 0 Å². The second-order valence-corrected chi connectivity index (χ2v) is 4.93. The van der Waals surface area contributed by atoms with Crippen molar-refractivity contribution in [2.24, 2.45) is 0 Å². The van der Waals surface area contributed by atoms with Gasteiger partial charge >= 0.3 is 0 Å². The molecule has 0 saturated carbocycles. The van der Waals surface area contributed by atoms with Gasteiger partial charge < -0.3 is 10.1 Å². The predicted octanol–water partition coefficient (Wildman–Crippen LogP) is 4.21. The lowest BCUT2D eigenvalue weighted by Crippen LogP contribution is -2.00. The Hall–Kier alpha value is -1.32. The van der Waals surface area contributed by atoms with Gasteiger partial charge in [0.2, 0.25) is 0 Å². The highest BCUT2D eigenvalue weighted by molar-refractivity contribution is 9.10. The zero-order valence-electron chi connectivity index (χ0n) is 10.3. The Morgan fingerprint density at radius 3 is 2.72 bits per heavy atom. The van der Waals surface area contributed by atoms with Gasteiger partial charge in [0.1, 0.15) is 0 Å². The summed E-state index contributed by atoms with van der Waals surface area (Å²) in [6, 6.07) is 16.5. The molecule has 2 aromatic rings. The molecule has 1 N–H and O–H groups in total. The second-order valence-electron chi connectivity index (χ2n) is 4.08. The summed E-state index contributed by atoms with van der Waals surface area (Å²) in [5.74, 6) is 0. The molecule has 3 heteroatoms. The molecule has 0 amide bonds. The molecular formula is C15H16BrNO. The molecule has 2 rings (SSSR count). The average Bonchev–Trinajstić information content (AvgIpc) is 2.39. The summed E-state index contributed by atoms with van der Waals surface area (Å²) in [7, 11) is 1.71. The number of nitrogens with one attached hydrogen (secondary N) is 1. The van der Waals surface area contributed by atoms with Gasteiger partial charge in [-0.25, -0.2) is 0 Å². The zero-order valence-corrected chi connectivity index (χ0v) is 11.9. The van der Waals surface area contributed by atoms with Crippen LogP contribution in [0.1, 0.15) is 11.1 Å². The molecule has 0 aliphatic carbocycles. The lowest BCUT2D eigenvalue weighted by atomic mass is 10.2. The summed E-state index contributed by atoms with van der Waals surface area (Å²) in [6.07, 6.45) is 0. The number of hydrogen-bond donors (Lipinski definition) is 1. The SMILES string of the molecule is COCc1cccc(NCc2ccccc2Br)c1. The minimum absolute atomic E-state index is 0.643. The van der Waals surface area contributed by atoms with Gasteiger partial charge in [0.25, 0.3) is 0 Å². The van der Waals surface area contributed by atoms with Gasteiger partial charge in [-0.05, 0) is 29.3 Å². The second kappa shape index (κ2) is 6.57. The molecule has 0 fully saturated rings. The molecule has 0 aliphatic heterocycles. The standard InChI is InChI=1S/C15H16BrNO/c1-18-11-12-5-4-7-14(9-12)17-10-13-6-2-3-8-15(13)16/h2-9,17H,10-11H2,1H3. The number of rotatable bonds is 5. The molecule has 18 heavy (non-hydrogen) atoms. The number of ether oxygens (including phenoxy) is 1. The van der Waals surface area contributed by atoms with Crippen molar-refractivity contribution < 1.29 is 4.74 Å². The quantitative estimate of drug-likeness (QED) is 0.893. The van der Waals surface area contributed by atoms with Crippen molar-refractivity contribution in [2.45, 2.75) is 13.2 Å². The van der Waals surface area contributed by atoms with Crippen LogP contribution in [0.2, 0.25) is 0 Å². The van der Waals surface area contributed by atoms with Crippen molar-refractivity contribution in [3.8, 4) is 0 Å². The highest BCUT2D eigenvalue weighted by Gasteiger charge is 1.99. The van der Waals surface area contributed by atoms with Gasteiger partial charge in [-0.3, -0.25) is 0 Å². The van der Waals surface area contributed by atoms with Gasteiger partial charge in [0.05, 0.1) is 6.61 Å². The first-order chi connectivity index (χ1) is 8.79. The van der Waals surface area contributed by atoms with E-state index in [-0.39, 0.29) is 0 Å². The van der Waals surface area contributed by atoms with Crippen LogP contribution >= 0.6 is 15.9 Å². The highest BCUT2D eigenvalue weighted by Crippen LogP contribution is 2.18. The largest absolute Gasteiger partial charge is 0.381 e. The van der Waals surface area contributed by atoms with Gasteiger partial charge in [0.15, 0.2) is 0 Å². The van der Waals surface area contributed by atoms with Crippen LogP contribution in [0.3, 0.4) is 0 Å². The Kier molecular flexibility index (Phi) is 4.79. The number of anilines is 1. The Labute approximate surface area is 116 Å². The Morgan fingerprint density at radius 1 is 1.11 bits per heavy atom. The average molecular weight is 306 g/mol. The van der Waals surface area contributed by atoms with Gasteiger partial charge in [0, 0.05) is 23.8 Å². The number of benzene rings is 2. The molecule has 0 spiro atoms. The molecule has 0 aromatic heterocycles. The van der Waals surface area contributed by atoms with E-state index in [0.717, 1.165) is 16.7 Å². The van der Waals surface area contributed by atoms with E-state index in [2.05, 4.69) is 51.6 Å². The topological polar surface area (TPSA) is 21.3 Å². The third-order valence-electron chi connectivity index (χ3n) is 2.68. The molecule has 2 nitrogen and oxygen atoms in total. The fraction of sp³-hybridized carbons (Fsp3) is 0.200. The summed E-state index contributed by atoms with van der Waals surface area (Å²) < 4.78 is 6.26. The van der Waals surface area contributed by atoms with Crippen LogP contribution in [-0.2, 0) is 17.9 Å². The lowest BCUT2D eigenvalue weighted by molar-refractivity contribution is 0.185. The van der Waals surface area contributed by atoms with Crippen LogP contribution in [0, 0.1) is 0 Å². The number of methoxy groups -OCH3 is 1. The molecule has 0 atom stereocenters. The fourth-order valence-corrected chi connectivity index (χ4v) is 2.20. The predicted molar refractivity (Wildman–Crippen MR) is 78.6 cm³/mol. The maximum atomic E-state index is 5.13. The summed E-state index contributed by atoms with van der Waals surface area (Å²) in [5, 5.41) is 3.42. The van der Waals surface area contributed by atoms with E-state index in [1.165, 1.54) is 11.1 Å². The number of hydrogen-bond acceptors (Lipinski definition) is 2. The van der Waals surface area contributed by atoms with Crippen molar-refractivity contribution in [3.05, 3.63) is 64.1 Å². The maximum Gasteiger partial charge on any atom is 0.0713 e. The normalized spacial score (nSPS) is 10.3. The van der Waals surface area contributed by atoms with E-state index in [1.54, 1.807) is 7.11 Å². The van der Waals surface area contributed by atoms with E-state index in [4.69, 9.17) is 4.74 Å². The smallest absolute Gasteiger partial charge is 0.0713 e. The van der Waals surface area contributed by atoms with Crippen LogP contribution in [0.4, 0.5) is 5.69 Å². The van der Waals surface area contributed by atoms with Gasteiger partial charge in [-0.2, -0.15) is 0 Å². The van der Waals surface area contributed by atoms with E-state index in [1.807, 2.05) is 18.2 Å². The monoisotopic (exact) mass is 305 g/mol. The summed E-state index contributed by atoms with van der Waals surface area (Å²) >= 11 is 3.55. The minimum atomic E-state index is 0.643. The highest BCUT2D eigenvalue weighted by atomic mass is 79.9. The molecule has 0 aliphatic rings. The number of halogens is 1. The van der Waals surface area contributed by atoms with Crippen LogP contribution in [0.25, 0.3) is 0 Å². The van der Waals surface area contributed by atoms with Crippen LogP contribution < -0.4 is 5.32 Å². The first kappa shape index (κ1) is 13.1. The van der Waals surface area contributed by atoms with Crippen molar-refractivity contribution in [1.82, 2.24) is 0 Å². The third kappa shape index (κ3) is 3.59. The van der Waals surface area contributed by atoms with Crippen LogP contribution in [0.5, 0.6) is 0 Å². The first-order valence-electron chi connectivity index (χ1n) is 5.85. The van der Waals surface area contributed by atoms with E-state index in [9.17, 15) is 0 Å². The molecule has 0 heterocycles. The van der Waals surface area contributed by atoms with E-state index in [0.29, 0.717) is 6.61 Å². The third-order valence-corrected chi connectivity index (χ3v) is 3.45. The molecule has 0 saturated heterocycles. The van der Waals surface area contributed by atoms with Crippen molar-refractivity contribution in [1.29, 1.82) is 0 Å². The van der Waals surface area contributed by atoms with Crippen molar-refractivity contribution in [3.63, 3.8) is 0 Å². The van der Waals surface area contributed by atoms with Crippen molar-refractivity contribution >= 4 is 21.6 Å². The Bertz CT molecular complexity index is 513. The summed E-state index contributed by atoms with van der Waals surface area (Å²) in [4.78, 5) is 0. The minimum Gasteiger partial charge on any atom is -0.381 e. The fourth-order valence-electron chi connectivity index (χ4n) is 1.78. The molecule has 94 valence electrons. The van der Waals surface area contributed by atoms with Crippen LogP contribution in [-0.4, -0.2) is 7.11 Å². The molecule has 0 unspecified atom stereocenters. The summed E-state index contributed by atoms with van der Waals surface area (Å²) in [6.45, 7) is 1.45. The van der Waals surface area contributed by atoms with Gasteiger partial charge in [-0.15, -0.1) is 0 Å². The van der Waals surface area contributed by atoms with Crippen LogP contribution in [0.15, 0.2) is 53.0 Å². The molecule has 2 aromatic carbocycles. The summed E-state index contributed by atoms with van der Waals surface area (Å²) in [5.41, 5.74) is 3.53.